The van der Waals surface area contributed by atoms with E-state index in [0.717, 1.165) is 11.0 Å². The summed E-state index contributed by atoms with van der Waals surface area (Å²) in [4.78, 5) is 4.29. The Kier molecular flexibility index (Phi) is 1.31. The normalized spacial score (nSPS) is 10.4. The van der Waals surface area contributed by atoms with E-state index < -0.39 is 0 Å². The van der Waals surface area contributed by atoms with Crippen molar-refractivity contribution in [3.8, 4) is 0 Å². The minimum absolute atomic E-state index is 0.408. The van der Waals surface area contributed by atoms with Crippen LogP contribution in [0.1, 0.15) is 0 Å². The van der Waals surface area contributed by atoms with Crippen molar-refractivity contribution in [1.29, 1.82) is 0 Å². The van der Waals surface area contributed by atoms with Crippen molar-refractivity contribution in [2.75, 3.05) is 5.43 Å². The molecular formula is C5H6N6O. The summed E-state index contributed by atoms with van der Waals surface area (Å²) in [5.41, 5.74) is 2.80. The second-order valence-corrected chi connectivity index (χ2v) is 2.16. The van der Waals surface area contributed by atoms with E-state index in [2.05, 4.69) is 15.5 Å². The van der Waals surface area contributed by atoms with Crippen LogP contribution >= 0.6 is 0 Å². The highest BCUT2D eigenvalue weighted by atomic mass is 16.5. The van der Waals surface area contributed by atoms with Crippen molar-refractivity contribution in [2.45, 2.75) is 0 Å². The number of fused-ring (bicyclic) bond motifs is 1. The first kappa shape index (κ1) is 6.80. The number of nitrogens with two attached hydrogens (primary N) is 1. The first-order valence-corrected chi connectivity index (χ1v) is 3.22. The quantitative estimate of drug-likeness (QED) is 0.236. The van der Waals surface area contributed by atoms with Crippen molar-refractivity contribution in [1.82, 2.24) is 14.7 Å². The zero-order valence-corrected chi connectivity index (χ0v) is 6.01. The molecule has 0 saturated carbocycles. The number of nitrogens with one attached hydrogen (secondary N) is 1. The van der Waals surface area contributed by atoms with E-state index in [1.54, 1.807) is 12.1 Å². The third-order valence-electron chi connectivity index (χ3n) is 1.42. The van der Waals surface area contributed by atoms with Gasteiger partial charge in [0.2, 0.25) is 12.1 Å². The standard InChI is InChI=1S/C5H6N6O/c6-8-4-1-2-5-7-3-10(12)11(5)9-4/h1-3H,6H2,(H,8,9). The monoisotopic (exact) mass is 166 g/mol. The lowest BCUT2D eigenvalue weighted by atomic mass is 10.5. The molecule has 0 spiro atoms. The van der Waals surface area contributed by atoms with Crippen LogP contribution in [0.2, 0.25) is 0 Å². The number of nitrogen functional groups attached to an aromatic ring is 1. The summed E-state index contributed by atoms with van der Waals surface area (Å²) < 4.78 is 1.09. The molecule has 0 amide bonds. The summed E-state index contributed by atoms with van der Waals surface area (Å²) in [6.07, 6.45) is 1.13. The molecule has 2 heterocycles. The maximum Gasteiger partial charge on any atom is 0.275 e. The molecule has 0 unspecified atom stereocenters. The Hall–Kier alpha value is -1.89. The van der Waals surface area contributed by atoms with E-state index in [1.807, 2.05) is 0 Å². The Morgan fingerprint density at radius 1 is 1.58 bits per heavy atom. The van der Waals surface area contributed by atoms with Gasteiger partial charge in [0.25, 0.3) is 5.65 Å². The van der Waals surface area contributed by atoms with Crippen LogP contribution in [0.4, 0.5) is 5.82 Å². The van der Waals surface area contributed by atoms with Gasteiger partial charge in [0, 0.05) is 17.2 Å². The number of hydrogen-bond acceptors (Lipinski definition) is 5. The number of anilines is 1. The molecule has 0 atom stereocenters. The van der Waals surface area contributed by atoms with E-state index >= 15 is 0 Å². The molecule has 7 nitrogen and oxygen atoms in total. The SMILES string of the molecule is NNc1ccc2nc[n+]([O-])n2n1. The number of aromatic nitrogens is 4. The van der Waals surface area contributed by atoms with Crippen molar-refractivity contribution in [3.05, 3.63) is 23.7 Å². The minimum atomic E-state index is 0.408. The van der Waals surface area contributed by atoms with Gasteiger partial charge in [0.15, 0.2) is 0 Å². The van der Waals surface area contributed by atoms with Gasteiger partial charge in [-0.3, -0.25) is 5.43 Å². The maximum absolute atomic E-state index is 10.9. The molecule has 0 aliphatic carbocycles. The number of nitrogens with zero attached hydrogens (tertiary/aromatic N) is 4. The van der Waals surface area contributed by atoms with Gasteiger partial charge in [-0.05, 0) is 4.63 Å². The van der Waals surface area contributed by atoms with Crippen LogP contribution in [0.25, 0.3) is 5.65 Å². The van der Waals surface area contributed by atoms with Crippen LogP contribution in [0.3, 0.4) is 0 Å². The lowest BCUT2D eigenvalue weighted by Gasteiger charge is -1.97. The molecule has 12 heavy (non-hydrogen) atoms. The van der Waals surface area contributed by atoms with Gasteiger partial charge in [-0.2, -0.15) is 4.85 Å². The van der Waals surface area contributed by atoms with Gasteiger partial charge in [0.1, 0.15) is 0 Å². The van der Waals surface area contributed by atoms with E-state index in [4.69, 9.17) is 5.84 Å². The molecule has 0 fully saturated rings. The summed E-state index contributed by atoms with van der Waals surface area (Å²) in [7, 11) is 0. The molecule has 2 aromatic rings. The van der Waals surface area contributed by atoms with Gasteiger partial charge in [0.05, 0.1) is 0 Å². The lowest BCUT2D eigenvalue weighted by molar-refractivity contribution is -0.684. The fourth-order valence-electron chi connectivity index (χ4n) is 0.881. The van der Waals surface area contributed by atoms with Gasteiger partial charge in [-0.25, -0.2) is 5.84 Å². The van der Waals surface area contributed by atoms with Crippen molar-refractivity contribution in [2.24, 2.45) is 5.84 Å². The summed E-state index contributed by atoms with van der Waals surface area (Å²) >= 11 is 0. The Bertz CT molecular complexity index is 409. The van der Waals surface area contributed by atoms with Crippen LogP contribution in [-0.4, -0.2) is 14.7 Å². The Morgan fingerprint density at radius 2 is 2.42 bits per heavy atom. The zero-order chi connectivity index (χ0) is 8.55. The molecule has 62 valence electrons. The Balaban J connectivity index is 2.71. The van der Waals surface area contributed by atoms with Crippen LogP contribution in [0.15, 0.2) is 18.5 Å². The molecule has 0 radical (unpaired) electrons. The molecule has 0 aliphatic heterocycles. The predicted octanol–water partition coefficient (Wildman–Crippen LogP) is -1.35. The molecule has 0 aromatic carbocycles. The largest absolute Gasteiger partial charge is 0.723 e. The highest BCUT2D eigenvalue weighted by Gasteiger charge is 2.05. The van der Waals surface area contributed by atoms with Crippen LogP contribution in [0, 0.1) is 5.21 Å². The zero-order valence-electron chi connectivity index (χ0n) is 6.01. The van der Waals surface area contributed by atoms with E-state index in [1.165, 1.54) is 0 Å². The minimum Gasteiger partial charge on any atom is -0.723 e. The molecule has 3 N–H and O–H groups in total. The third-order valence-corrected chi connectivity index (χ3v) is 1.42. The first-order valence-electron chi connectivity index (χ1n) is 3.22. The molecule has 0 aliphatic rings. The summed E-state index contributed by atoms with van der Waals surface area (Å²) in [5.74, 6) is 5.51. The number of hydrogen-bond donors (Lipinski definition) is 2. The molecule has 0 bridgehead atoms. The first-order chi connectivity index (χ1) is 5.81. The van der Waals surface area contributed by atoms with Crippen molar-refractivity contribution >= 4 is 11.5 Å². The third kappa shape index (κ3) is 0.839. The number of rotatable bonds is 1. The van der Waals surface area contributed by atoms with Crippen LogP contribution in [0.5, 0.6) is 0 Å². The summed E-state index contributed by atoms with van der Waals surface area (Å²) in [5, 5.41) is 14.8. The second kappa shape index (κ2) is 2.31. The van der Waals surface area contributed by atoms with Crippen LogP contribution < -0.4 is 16.1 Å². The fraction of sp³-hybridized carbons (Fsp3) is 0. The molecule has 7 heteroatoms. The average molecular weight is 166 g/mol. The average Bonchev–Trinajstić information content (AvgIpc) is 2.47. The van der Waals surface area contributed by atoms with Gasteiger partial charge >= 0.3 is 0 Å². The Labute approximate surface area is 67.0 Å². The Morgan fingerprint density at radius 3 is 3.17 bits per heavy atom. The van der Waals surface area contributed by atoms with Crippen molar-refractivity contribution < 1.29 is 4.85 Å². The lowest BCUT2D eigenvalue weighted by Crippen LogP contribution is -2.33. The van der Waals surface area contributed by atoms with E-state index in [0.29, 0.717) is 16.3 Å². The number of hydrazine groups is 1. The molecule has 0 saturated heterocycles. The van der Waals surface area contributed by atoms with Gasteiger partial charge < -0.3 is 5.21 Å². The topological polar surface area (TPSA) is 95.2 Å². The van der Waals surface area contributed by atoms with E-state index in [-0.39, 0.29) is 0 Å². The summed E-state index contributed by atoms with van der Waals surface area (Å²) in [6, 6.07) is 3.26. The van der Waals surface area contributed by atoms with Crippen LogP contribution in [-0.2, 0) is 0 Å². The van der Waals surface area contributed by atoms with Crippen molar-refractivity contribution in [3.63, 3.8) is 0 Å². The van der Waals surface area contributed by atoms with E-state index in [9.17, 15) is 5.21 Å². The highest BCUT2D eigenvalue weighted by molar-refractivity contribution is 5.41. The summed E-state index contributed by atoms with van der Waals surface area (Å²) in [6.45, 7) is 0. The molecule has 2 aromatic heterocycles. The molecular weight excluding hydrogens is 160 g/mol. The highest BCUT2D eigenvalue weighted by Crippen LogP contribution is 2.00. The molecule has 2 rings (SSSR count). The predicted molar refractivity (Wildman–Crippen MR) is 39.8 cm³/mol. The second-order valence-electron chi connectivity index (χ2n) is 2.16. The van der Waals surface area contributed by atoms with Gasteiger partial charge in [-0.15, -0.1) is 0 Å². The van der Waals surface area contributed by atoms with Gasteiger partial charge in [-0.1, -0.05) is 4.98 Å². The smallest absolute Gasteiger partial charge is 0.275 e. The maximum atomic E-state index is 10.9. The fourth-order valence-corrected chi connectivity index (χ4v) is 0.881.